The molecule has 0 N–H and O–H groups in total. The second-order valence-electron chi connectivity index (χ2n) is 10.1. The Balaban J connectivity index is 1.48. The van der Waals surface area contributed by atoms with Crippen molar-refractivity contribution in [2.75, 3.05) is 32.7 Å². The van der Waals surface area contributed by atoms with Crippen molar-refractivity contribution >= 4 is 17.7 Å². The van der Waals surface area contributed by atoms with E-state index in [1.807, 2.05) is 11.0 Å². The summed E-state index contributed by atoms with van der Waals surface area (Å²) in [6.45, 7) is 1.83. The molecule has 4 atom stereocenters. The number of nitrogens with zero attached hydrogens (tertiary/aromatic N) is 1. The predicted octanol–water partition coefficient (Wildman–Crippen LogP) is 3.39. The van der Waals surface area contributed by atoms with Crippen LogP contribution in [0.1, 0.15) is 43.2 Å². The fourth-order valence-electron chi connectivity index (χ4n) is 7.42. The van der Waals surface area contributed by atoms with Gasteiger partial charge < -0.3 is 28.6 Å². The van der Waals surface area contributed by atoms with E-state index in [2.05, 4.69) is 6.07 Å². The molecular formula is C24H28ClNO6. The largest absolute Gasteiger partial charge is 0.493 e. The Morgan fingerprint density at radius 3 is 2.75 bits per heavy atom. The first-order valence-electron chi connectivity index (χ1n) is 11.8. The van der Waals surface area contributed by atoms with Crippen LogP contribution in [0.15, 0.2) is 12.1 Å². The SMILES string of the molecule is COc1ccc2c3c1O[C@H]1C4(CC[C@]5(OC(=O)N(CC6CC6)[C@@H]5C2)[C@@]31CCCl)OCCO4. The molecule has 8 heteroatoms. The van der Waals surface area contributed by atoms with Gasteiger partial charge in [-0.2, -0.15) is 0 Å². The van der Waals surface area contributed by atoms with Gasteiger partial charge in [-0.05, 0) is 49.7 Å². The third-order valence-corrected chi connectivity index (χ3v) is 8.99. The molecule has 1 aromatic carbocycles. The molecule has 3 aliphatic heterocycles. The van der Waals surface area contributed by atoms with E-state index >= 15 is 0 Å². The maximum Gasteiger partial charge on any atom is 0.410 e. The van der Waals surface area contributed by atoms with Crippen LogP contribution in [0.5, 0.6) is 11.5 Å². The molecule has 7 nitrogen and oxygen atoms in total. The van der Waals surface area contributed by atoms with Crippen molar-refractivity contribution in [3.63, 3.8) is 0 Å². The van der Waals surface area contributed by atoms with Crippen LogP contribution in [-0.4, -0.2) is 67.3 Å². The highest BCUT2D eigenvalue weighted by Crippen LogP contribution is 2.69. The third kappa shape index (κ3) is 2.18. The lowest BCUT2D eigenvalue weighted by Crippen LogP contribution is -2.74. The van der Waals surface area contributed by atoms with Crippen LogP contribution >= 0.6 is 11.6 Å². The number of hydrogen-bond donors (Lipinski definition) is 0. The lowest BCUT2D eigenvalue weighted by atomic mass is 9.50. The van der Waals surface area contributed by atoms with Crippen molar-refractivity contribution in [2.45, 2.75) is 67.5 Å². The molecule has 1 aromatic rings. The van der Waals surface area contributed by atoms with Crippen molar-refractivity contribution in [1.82, 2.24) is 4.90 Å². The molecule has 172 valence electrons. The lowest BCUT2D eigenvalue weighted by Gasteiger charge is -2.59. The van der Waals surface area contributed by atoms with Crippen molar-refractivity contribution in [3.8, 4) is 11.5 Å². The Kier molecular flexibility index (Phi) is 3.98. The molecule has 2 spiro atoms. The smallest absolute Gasteiger partial charge is 0.410 e. The van der Waals surface area contributed by atoms with Gasteiger partial charge in [0.1, 0.15) is 5.60 Å². The summed E-state index contributed by atoms with van der Waals surface area (Å²) in [5.74, 6) is 1.56. The van der Waals surface area contributed by atoms with Crippen LogP contribution in [0.2, 0.25) is 0 Å². The van der Waals surface area contributed by atoms with Crippen molar-refractivity contribution in [2.24, 2.45) is 5.92 Å². The molecule has 4 fully saturated rings. The summed E-state index contributed by atoms with van der Waals surface area (Å²) in [6, 6.07) is 4.05. The minimum atomic E-state index is -0.864. The maximum atomic E-state index is 13.4. The Labute approximate surface area is 192 Å². The maximum absolute atomic E-state index is 13.4. The molecule has 2 saturated carbocycles. The molecule has 3 heterocycles. The number of fused-ring (bicyclic) bond motifs is 1. The topological polar surface area (TPSA) is 66.5 Å². The van der Waals surface area contributed by atoms with Crippen LogP contribution < -0.4 is 9.47 Å². The number of methoxy groups -OCH3 is 1. The molecule has 0 aromatic heterocycles. The average molecular weight is 462 g/mol. The van der Waals surface area contributed by atoms with Crippen molar-refractivity contribution in [1.29, 1.82) is 0 Å². The van der Waals surface area contributed by atoms with E-state index in [0.717, 1.165) is 24.3 Å². The first-order chi connectivity index (χ1) is 15.6. The molecule has 6 aliphatic rings. The lowest BCUT2D eigenvalue weighted by molar-refractivity contribution is -0.276. The Hall–Kier alpha value is -1.70. The summed E-state index contributed by atoms with van der Waals surface area (Å²) in [5.41, 5.74) is 0.901. The molecule has 32 heavy (non-hydrogen) atoms. The van der Waals surface area contributed by atoms with Crippen LogP contribution in [0.4, 0.5) is 4.79 Å². The summed E-state index contributed by atoms with van der Waals surface area (Å²) < 4.78 is 31.5. The van der Waals surface area contributed by atoms with Gasteiger partial charge in [-0.15, -0.1) is 11.6 Å². The standard InChI is InChI=1S/C24H28ClNO6/c1-28-16-5-4-15-12-17-23(32-21(27)26(17)13-14-2-3-14)6-7-24(29-10-11-30-24)20-22(23,8-9-25)18(15)19(16)31-20/h4-5,14,17,20H,2-3,6-13H2,1H3/t17-,20-,22+,23-/m1/s1. The molecule has 2 saturated heterocycles. The molecule has 1 amide bonds. The monoisotopic (exact) mass is 461 g/mol. The number of rotatable bonds is 5. The average Bonchev–Trinajstić information content (AvgIpc) is 3.25. The number of benzene rings is 1. The van der Waals surface area contributed by atoms with E-state index in [1.165, 1.54) is 18.4 Å². The van der Waals surface area contributed by atoms with Gasteiger partial charge >= 0.3 is 6.09 Å². The first kappa shape index (κ1) is 19.7. The molecule has 0 radical (unpaired) electrons. The second-order valence-corrected chi connectivity index (χ2v) is 10.5. The van der Waals surface area contributed by atoms with Crippen molar-refractivity contribution < 1.29 is 28.5 Å². The molecule has 3 aliphatic carbocycles. The zero-order chi connectivity index (χ0) is 21.7. The highest BCUT2D eigenvalue weighted by atomic mass is 35.5. The van der Waals surface area contributed by atoms with E-state index in [-0.39, 0.29) is 12.1 Å². The van der Waals surface area contributed by atoms with Crippen LogP contribution in [0, 0.1) is 5.92 Å². The van der Waals surface area contributed by atoms with Crippen LogP contribution in [-0.2, 0) is 26.0 Å². The number of ether oxygens (including phenoxy) is 5. The highest BCUT2D eigenvalue weighted by Gasteiger charge is 2.80. The summed E-state index contributed by atoms with van der Waals surface area (Å²) in [6.07, 6.45) is 4.36. The summed E-state index contributed by atoms with van der Waals surface area (Å²) in [7, 11) is 1.66. The molecular weight excluding hydrogens is 434 g/mol. The normalized spacial score (nSPS) is 37.8. The third-order valence-electron chi connectivity index (χ3n) is 8.81. The van der Waals surface area contributed by atoms with Crippen LogP contribution in [0.25, 0.3) is 0 Å². The van der Waals surface area contributed by atoms with Gasteiger partial charge in [0.05, 0.1) is 31.8 Å². The molecule has 0 unspecified atom stereocenters. The quantitative estimate of drug-likeness (QED) is 0.626. The first-order valence-corrected chi connectivity index (χ1v) is 12.3. The van der Waals surface area contributed by atoms with Gasteiger partial charge in [-0.1, -0.05) is 6.07 Å². The Morgan fingerprint density at radius 2 is 2.03 bits per heavy atom. The zero-order valence-electron chi connectivity index (χ0n) is 18.2. The fraction of sp³-hybridized carbons (Fsp3) is 0.708. The second kappa shape index (κ2) is 6.45. The number of carbonyl (C=O) groups is 1. The summed E-state index contributed by atoms with van der Waals surface area (Å²) in [5, 5.41) is 0. The summed E-state index contributed by atoms with van der Waals surface area (Å²) in [4.78, 5) is 15.4. The number of halogens is 1. The molecule has 0 bridgehead atoms. The van der Waals surface area contributed by atoms with E-state index in [9.17, 15) is 4.79 Å². The van der Waals surface area contributed by atoms with Gasteiger partial charge in [0.25, 0.3) is 0 Å². The predicted molar refractivity (Wildman–Crippen MR) is 114 cm³/mol. The number of alkyl halides is 1. The number of amides is 1. The van der Waals surface area contributed by atoms with E-state index < -0.39 is 22.9 Å². The van der Waals surface area contributed by atoms with Crippen molar-refractivity contribution in [3.05, 3.63) is 23.3 Å². The Bertz CT molecular complexity index is 991. The zero-order valence-corrected chi connectivity index (χ0v) is 19.0. The molecule has 7 rings (SSSR count). The fourth-order valence-corrected chi connectivity index (χ4v) is 7.72. The number of carbonyl (C=O) groups excluding carboxylic acids is 1. The van der Waals surface area contributed by atoms with E-state index in [4.69, 9.17) is 35.3 Å². The number of hydrogen-bond acceptors (Lipinski definition) is 6. The van der Waals surface area contributed by atoms with Gasteiger partial charge in [-0.25, -0.2) is 4.79 Å². The Morgan fingerprint density at radius 1 is 1.22 bits per heavy atom. The van der Waals surface area contributed by atoms with Gasteiger partial charge in [-0.3, -0.25) is 0 Å². The van der Waals surface area contributed by atoms with Gasteiger partial charge in [0, 0.05) is 24.4 Å². The van der Waals surface area contributed by atoms with E-state index in [0.29, 0.717) is 50.0 Å². The highest BCUT2D eigenvalue weighted by molar-refractivity contribution is 6.18. The van der Waals surface area contributed by atoms with Gasteiger partial charge in [0.15, 0.2) is 17.6 Å². The van der Waals surface area contributed by atoms with Crippen LogP contribution in [0.3, 0.4) is 0 Å². The summed E-state index contributed by atoms with van der Waals surface area (Å²) >= 11 is 6.50. The minimum absolute atomic E-state index is 0.0458. The minimum Gasteiger partial charge on any atom is -0.493 e. The van der Waals surface area contributed by atoms with E-state index in [1.54, 1.807) is 7.11 Å². The van der Waals surface area contributed by atoms with Gasteiger partial charge in [0.2, 0.25) is 5.79 Å².